The van der Waals surface area contributed by atoms with Gasteiger partial charge in [-0.2, -0.15) is 11.3 Å². The van der Waals surface area contributed by atoms with Crippen LogP contribution < -0.4 is 10.6 Å². The number of thiophene rings is 1. The van der Waals surface area contributed by atoms with Crippen LogP contribution in [0.1, 0.15) is 6.92 Å². The summed E-state index contributed by atoms with van der Waals surface area (Å²) >= 11 is 1.38. The molecule has 0 bridgehead atoms. The summed E-state index contributed by atoms with van der Waals surface area (Å²) in [5.74, 6) is 0. The van der Waals surface area contributed by atoms with Crippen LogP contribution in [-0.4, -0.2) is 6.61 Å². The van der Waals surface area contributed by atoms with Crippen LogP contribution in [0.25, 0.3) is 0 Å². The smallest absolute Gasteiger partial charge is 0.222 e. The van der Waals surface area contributed by atoms with Crippen molar-refractivity contribution in [2.45, 2.75) is 6.92 Å². The predicted molar refractivity (Wildman–Crippen MR) is 51.8 cm³/mol. The Balaban J connectivity index is 2.86. The first kappa shape index (κ1) is 10.1. The first-order chi connectivity index (χ1) is 5.79. The Labute approximate surface area is 76.8 Å². The van der Waals surface area contributed by atoms with E-state index < -0.39 is 8.03 Å². The van der Waals surface area contributed by atoms with E-state index in [1.165, 1.54) is 11.3 Å². The van der Waals surface area contributed by atoms with Crippen LogP contribution in [-0.2, 0) is 13.7 Å². The largest absolute Gasteiger partial charge is 0.328 e. The van der Waals surface area contributed by atoms with E-state index in [9.17, 15) is 9.13 Å². The lowest BCUT2D eigenvalue weighted by Crippen LogP contribution is -2.10. The van der Waals surface area contributed by atoms with Crippen LogP contribution in [0.5, 0.6) is 0 Å². The van der Waals surface area contributed by atoms with Gasteiger partial charge in [0.2, 0.25) is 8.03 Å². The molecule has 0 fully saturated rings. The van der Waals surface area contributed by atoms with Gasteiger partial charge in [0.15, 0.2) is 8.46 Å². The molecule has 0 spiro atoms. The minimum absolute atomic E-state index is 0.0907. The van der Waals surface area contributed by atoms with Gasteiger partial charge in [-0.1, -0.05) is 0 Å². The molecule has 0 amide bonds. The van der Waals surface area contributed by atoms with E-state index in [2.05, 4.69) is 0 Å². The Hall–Kier alpha value is -0.0100. The zero-order valence-corrected chi connectivity index (χ0v) is 9.15. The van der Waals surface area contributed by atoms with Gasteiger partial charge in [0.1, 0.15) is 0 Å². The Bertz CT molecular complexity index is 297. The second-order valence-electron chi connectivity index (χ2n) is 1.98. The lowest BCUT2D eigenvalue weighted by Gasteiger charge is -1.98. The lowest BCUT2D eigenvalue weighted by atomic mass is 10.7. The maximum Gasteiger partial charge on any atom is 0.222 e. The first-order valence-electron chi connectivity index (χ1n) is 3.36. The molecular weight excluding hydrogens is 214 g/mol. The van der Waals surface area contributed by atoms with Crippen molar-refractivity contribution >= 4 is 38.4 Å². The molecule has 1 rings (SSSR count). The molecule has 0 aliphatic rings. The average Bonchev–Trinajstić information content (AvgIpc) is 2.51. The third-order valence-corrected chi connectivity index (χ3v) is 4.54. The van der Waals surface area contributed by atoms with E-state index in [4.69, 9.17) is 4.52 Å². The van der Waals surface area contributed by atoms with Crippen molar-refractivity contribution in [3.05, 3.63) is 10.8 Å². The summed E-state index contributed by atoms with van der Waals surface area (Å²) in [5, 5.41) is 4.60. The molecule has 1 aromatic rings. The minimum Gasteiger partial charge on any atom is -0.328 e. The molecule has 12 heavy (non-hydrogen) atoms. The molecule has 0 aromatic carbocycles. The van der Waals surface area contributed by atoms with Gasteiger partial charge < -0.3 is 4.52 Å². The molecule has 0 radical (unpaired) electrons. The lowest BCUT2D eigenvalue weighted by molar-refractivity contribution is 0.357. The molecule has 1 heterocycles. The van der Waals surface area contributed by atoms with E-state index in [1.54, 1.807) is 17.7 Å². The maximum atomic E-state index is 11.3. The molecular formula is C6H8O3P2S. The number of hydrogen-bond donors (Lipinski definition) is 0. The highest BCUT2D eigenvalue weighted by atomic mass is 32.1. The third kappa shape index (κ3) is 2.24. The molecule has 0 aliphatic carbocycles. The van der Waals surface area contributed by atoms with Crippen LogP contribution in [0, 0.1) is 0 Å². The fraction of sp³-hybridized carbons (Fsp3) is 0.333. The maximum absolute atomic E-state index is 11.3. The zero-order chi connectivity index (χ0) is 8.97. The summed E-state index contributed by atoms with van der Waals surface area (Å²) in [4.78, 5) is 0. The van der Waals surface area contributed by atoms with Crippen molar-refractivity contribution in [2.75, 3.05) is 6.61 Å². The molecule has 1 aromatic heterocycles. The molecule has 0 N–H and O–H groups in total. The van der Waals surface area contributed by atoms with Crippen molar-refractivity contribution in [2.24, 2.45) is 0 Å². The third-order valence-electron chi connectivity index (χ3n) is 1.24. The zero-order valence-electron chi connectivity index (χ0n) is 6.44. The van der Waals surface area contributed by atoms with Gasteiger partial charge in [-0.25, -0.2) is 0 Å². The van der Waals surface area contributed by atoms with Gasteiger partial charge in [0.25, 0.3) is 0 Å². The van der Waals surface area contributed by atoms with E-state index in [1.807, 2.05) is 0 Å². The van der Waals surface area contributed by atoms with Gasteiger partial charge in [-0.3, -0.25) is 9.13 Å². The SMILES string of the molecule is CCO[PH](=O)c1cscc1P=O. The summed E-state index contributed by atoms with van der Waals surface area (Å²) in [5.41, 5.74) is 0. The normalized spacial score (nSPS) is 13.4. The first-order valence-corrected chi connectivity index (χ1v) is 6.43. The Morgan fingerprint density at radius 3 is 3.00 bits per heavy atom. The molecule has 1 atom stereocenters. The van der Waals surface area contributed by atoms with E-state index in [0.29, 0.717) is 17.2 Å². The van der Waals surface area contributed by atoms with Crippen LogP contribution in [0.4, 0.5) is 0 Å². The molecule has 0 aliphatic heterocycles. The Morgan fingerprint density at radius 1 is 1.67 bits per heavy atom. The van der Waals surface area contributed by atoms with Crippen molar-refractivity contribution in [1.29, 1.82) is 0 Å². The molecule has 3 nitrogen and oxygen atoms in total. The van der Waals surface area contributed by atoms with Gasteiger partial charge in [-0.05, 0) is 6.92 Å². The van der Waals surface area contributed by atoms with Crippen LogP contribution in [0.2, 0.25) is 0 Å². The highest BCUT2D eigenvalue weighted by Crippen LogP contribution is 2.22. The summed E-state index contributed by atoms with van der Waals surface area (Å²) in [7, 11) is -2.25. The summed E-state index contributed by atoms with van der Waals surface area (Å²) < 4.78 is 26.8. The van der Waals surface area contributed by atoms with E-state index in [0.717, 1.165) is 0 Å². The van der Waals surface area contributed by atoms with Crippen molar-refractivity contribution in [3.63, 3.8) is 0 Å². The highest BCUT2D eigenvalue weighted by Gasteiger charge is 2.10. The second kappa shape index (κ2) is 4.88. The van der Waals surface area contributed by atoms with Crippen LogP contribution in [0.3, 0.4) is 0 Å². The number of rotatable bonds is 4. The molecule has 0 saturated carbocycles. The van der Waals surface area contributed by atoms with E-state index in [-0.39, 0.29) is 8.46 Å². The van der Waals surface area contributed by atoms with Gasteiger partial charge in [0.05, 0.1) is 17.2 Å². The monoisotopic (exact) mass is 222 g/mol. The van der Waals surface area contributed by atoms with Crippen molar-refractivity contribution in [1.82, 2.24) is 0 Å². The molecule has 66 valence electrons. The standard InChI is InChI=1S/C6H8O3P2S/c1-2-9-11(8)6-4-12-3-5(6)10-7/h3-4,11H,2H2,1H3. The van der Waals surface area contributed by atoms with Crippen molar-refractivity contribution < 1.29 is 13.7 Å². The summed E-state index contributed by atoms with van der Waals surface area (Å²) in [6.07, 6.45) is 0. The summed E-state index contributed by atoms with van der Waals surface area (Å²) in [6, 6.07) is 0. The van der Waals surface area contributed by atoms with Crippen LogP contribution in [0.15, 0.2) is 10.8 Å². The predicted octanol–water partition coefficient (Wildman–Crippen LogP) is 1.80. The topological polar surface area (TPSA) is 43.4 Å². The molecule has 6 heteroatoms. The van der Waals surface area contributed by atoms with E-state index >= 15 is 0 Å². The molecule has 1 unspecified atom stereocenters. The average molecular weight is 222 g/mol. The Kier molecular flexibility index (Phi) is 4.10. The molecule has 0 saturated heterocycles. The number of hydrogen-bond acceptors (Lipinski definition) is 4. The van der Waals surface area contributed by atoms with Crippen LogP contribution >= 0.6 is 27.8 Å². The quantitative estimate of drug-likeness (QED) is 0.729. The van der Waals surface area contributed by atoms with Crippen molar-refractivity contribution in [3.8, 4) is 0 Å². The highest BCUT2D eigenvalue weighted by molar-refractivity contribution is 7.52. The fourth-order valence-corrected chi connectivity index (χ4v) is 3.72. The minimum atomic E-state index is -2.16. The van der Waals surface area contributed by atoms with Gasteiger partial charge in [-0.15, -0.1) is 0 Å². The Morgan fingerprint density at radius 2 is 2.42 bits per heavy atom. The second-order valence-corrected chi connectivity index (χ2v) is 4.79. The van der Waals surface area contributed by atoms with Gasteiger partial charge >= 0.3 is 0 Å². The summed E-state index contributed by atoms with van der Waals surface area (Å²) in [6.45, 7) is 2.20. The van der Waals surface area contributed by atoms with Gasteiger partial charge in [0, 0.05) is 10.8 Å². The fourth-order valence-electron chi connectivity index (χ4n) is 0.723.